The Balaban J connectivity index is 2.37. The molecule has 2 aliphatic rings. The third-order valence-electron chi connectivity index (χ3n) is 2.81. The number of amides is 4. The predicted molar refractivity (Wildman–Crippen MR) is 60.6 cm³/mol. The molecule has 15 heavy (non-hydrogen) atoms. The number of carbonyl (C=O) groups excluding carboxylic acids is 2. The monoisotopic (exact) mass is 248 g/mol. The lowest BCUT2D eigenvalue weighted by atomic mass is 10.1. The molecule has 8 heteroatoms. The number of carbonyl (C=O) groups is 2. The van der Waals surface area contributed by atoms with E-state index in [2.05, 4.69) is 35.9 Å². The van der Waals surface area contributed by atoms with Gasteiger partial charge in [0.2, 0.25) is 0 Å². The second-order valence-corrected chi connectivity index (χ2v) is 4.18. The van der Waals surface area contributed by atoms with Crippen LogP contribution in [0.15, 0.2) is 0 Å². The van der Waals surface area contributed by atoms with Crippen LogP contribution in [0, 0.1) is 0 Å². The molecule has 0 aromatic heterocycles. The molecule has 2 atom stereocenters. The summed E-state index contributed by atoms with van der Waals surface area (Å²) in [6.45, 7) is 1.78. The van der Waals surface area contributed by atoms with Gasteiger partial charge in [0, 0.05) is 0 Å². The van der Waals surface area contributed by atoms with E-state index < -0.39 is 5.66 Å². The Kier molecular flexibility index (Phi) is 2.42. The van der Waals surface area contributed by atoms with Crippen LogP contribution in [0.2, 0.25) is 0 Å². The highest BCUT2D eigenvalue weighted by molar-refractivity contribution is 7.80. The Morgan fingerprint density at radius 3 is 2.60 bits per heavy atom. The second-order valence-electron chi connectivity index (χ2n) is 3.61. The van der Waals surface area contributed by atoms with Crippen LogP contribution < -0.4 is 10.6 Å². The molecule has 2 aliphatic heterocycles. The zero-order chi connectivity index (χ0) is 11.2. The van der Waals surface area contributed by atoms with Gasteiger partial charge in [-0.05, 0) is 6.92 Å². The lowest BCUT2D eigenvalue weighted by Crippen LogP contribution is -2.55. The van der Waals surface area contributed by atoms with E-state index in [0.29, 0.717) is 0 Å². The Hall–Kier alpha value is -0.760. The van der Waals surface area contributed by atoms with E-state index in [4.69, 9.17) is 0 Å². The quantitative estimate of drug-likeness (QED) is 0.514. The van der Waals surface area contributed by atoms with Crippen LogP contribution in [0.25, 0.3) is 0 Å². The van der Waals surface area contributed by atoms with Gasteiger partial charge in [0.05, 0.1) is 11.8 Å². The van der Waals surface area contributed by atoms with Crippen molar-refractivity contribution >= 4 is 37.3 Å². The van der Waals surface area contributed by atoms with Gasteiger partial charge in [-0.25, -0.2) is 9.59 Å². The van der Waals surface area contributed by atoms with Crippen LogP contribution in [-0.4, -0.2) is 45.4 Å². The topological polar surface area (TPSA) is 64.7 Å². The van der Waals surface area contributed by atoms with Crippen molar-refractivity contribution in [2.45, 2.75) is 18.8 Å². The molecule has 0 spiro atoms. The number of rotatable bonds is 2. The van der Waals surface area contributed by atoms with E-state index in [9.17, 15) is 9.59 Å². The van der Waals surface area contributed by atoms with E-state index in [1.165, 1.54) is 9.80 Å². The predicted octanol–water partition coefficient (Wildman–Crippen LogP) is -0.146. The molecule has 0 aromatic rings. The number of hydrogen-bond donors (Lipinski definition) is 4. The maximum atomic E-state index is 11.9. The van der Waals surface area contributed by atoms with Crippen molar-refractivity contribution in [2.75, 3.05) is 11.8 Å². The van der Waals surface area contributed by atoms with E-state index in [0.717, 1.165) is 0 Å². The first-order valence-corrected chi connectivity index (χ1v) is 5.69. The van der Waals surface area contributed by atoms with Gasteiger partial charge in [-0.3, -0.25) is 9.80 Å². The van der Waals surface area contributed by atoms with Gasteiger partial charge in [-0.15, -0.1) is 0 Å². The summed E-state index contributed by atoms with van der Waals surface area (Å²) < 4.78 is 0. The van der Waals surface area contributed by atoms with Crippen LogP contribution >= 0.6 is 25.3 Å². The van der Waals surface area contributed by atoms with Crippen molar-refractivity contribution in [2.24, 2.45) is 0 Å². The smallest absolute Gasteiger partial charge is 0.314 e. The number of nitrogens with zero attached hydrogens (tertiary/aromatic N) is 2. The Labute approximate surface area is 98.2 Å². The lowest BCUT2D eigenvalue weighted by Gasteiger charge is -2.30. The zero-order valence-corrected chi connectivity index (χ0v) is 9.89. The molecule has 0 radical (unpaired) electrons. The Morgan fingerprint density at radius 1 is 1.40 bits per heavy atom. The zero-order valence-electron chi connectivity index (χ0n) is 8.10. The average molecular weight is 248 g/mol. The molecule has 4 amide bonds. The highest BCUT2D eigenvalue weighted by Gasteiger charge is 2.58. The first kappa shape index (κ1) is 10.7. The molecule has 2 rings (SSSR count). The van der Waals surface area contributed by atoms with E-state index in [1.807, 2.05) is 0 Å². The van der Waals surface area contributed by atoms with Crippen LogP contribution in [-0.2, 0) is 0 Å². The summed E-state index contributed by atoms with van der Waals surface area (Å²) in [6.07, 6.45) is -0.387. The Bertz CT molecular complexity index is 326. The molecule has 0 bridgehead atoms. The minimum atomic E-state index is -0.737. The summed E-state index contributed by atoms with van der Waals surface area (Å²) >= 11 is 8.17. The summed E-state index contributed by atoms with van der Waals surface area (Å²) in [4.78, 5) is 26.1. The van der Waals surface area contributed by atoms with E-state index in [-0.39, 0.29) is 30.0 Å². The summed E-state index contributed by atoms with van der Waals surface area (Å²) in [7, 11) is 0. The first-order valence-electron chi connectivity index (χ1n) is 4.43. The number of hydrogen-bond acceptors (Lipinski definition) is 4. The Morgan fingerprint density at radius 2 is 2.07 bits per heavy atom. The molecular weight excluding hydrogens is 236 g/mol. The van der Waals surface area contributed by atoms with Crippen molar-refractivity contribution < 1.29 is 9.59 Å². The van der Waals surface area contributed by atoms with Crippen LogP contribution in [0.1, 0.15) is 6.92 Å². The average Bonchev–Trinajstić information content (AvgIpc) is 2.53. The van der Waals surface area contributed by atoms with Gasteiger partial charge in [0.15, 0.2) is 11.8 Å². The van der Waals surface area contributed by atoms with Gasteiger partial charge in [-0.1, -0.05) is 0 Å². The van der Waals surface area contributed by atoms with Crippen molar-refractivity contribution in [1.29, 1.82) is 0 Å². The fourth-order valence-electron chi connectivity index (χ4n) is 2.01. The molecule has 2 N–H and O–H groups in total. The molecule has 0 aromatic carbocycles. The summed E-state index contributed by atoms with van der Waals surface area (Å²) in [6, 6.07) is -0.464. The number of nitrogens with one attached hydrogen (secondary N) is 2. The van der Waals surface area contributed by atoms with Gasteiger partial charge in [0.25, 0.3) is 0 Å². The minimum absolute atomic E-state index is 0.181. The standard InChI is InChI=1S/C7H12N4O2S2/c1-7-4(8-5(12)9-7)10(2-14)6(13)11(7)3-15/h4,14-15H,2-3H2,1H3,(H2,8,9,12). The summed E-state index contributed by atoms with van der Waals surface area (Å²) in [5.41, 5.74) is -0.737. The number of thiol groups is 2. The molecule has 6 nitrogen and oxygen atoms in total. The normalized spacial score (nSPS) is 34.2. The summed E-state index contributed by atoms with van der Waals surface area (Å²) in [5.74, 6) is 0.503. The van der Waals surface area contributed by atoms with Crippen LogP contribution in [0.4, 0.5) is 9.59 Å². The highest BCUT2D eigenvalue weighted by atomic mass is 32.1. The van der Waals surface area contributed by atoms with Crippen LogP contribution in [0.3, 0.4) is 0 Å². The minimum Gasteiger partial charge on any atom is -0.314 e. The number of fused-ring (bicyclic) bond motifs is 1. The second kappa shape index (κ2) is 3.38. The number of urea groups is 2. The molecule has 2 saturated heterocycles. The van der Waals surface area contributed by atoms with Crippen molar-refractivity contribution in [3.63, 3.8) is 0 Å². The van der Waals surface area contributed by atoms with Crippen molar-refractivity contribution in [3.8, 4) is 0 Å². The van der Waals surface area contributed by atoms with Crippen LogP contribution in [0.5, 0.6) is 0 Å². The fraction of sp³-hybridized carbons (Fsp3) is 0.714. The molecule has 2 heterocycles. The van der Waals surface area contributed by atoms with Gasteiger partial charge < -0.3 is 10.6 Å². The highest BCUT2D eigenvalue weighted by Crippen LogP contribution is 2.32. The largest absolute Gasteiger partial charge is 0.325 e. The maximum absolute atomic E-state index is 11.9. The van der Waals surface area contributed by atoms with Crippen molar-refractivity contribution in [1.82, 2.24) is 20.4 Å². The van der Waals surface area contributed by atoms with E-state index in [1.54, 1.807) is 6.92 Å². The molecular formula is C7H12N4O2S2. The third-order valence-corrected chi connectivity index (χ3v) is 3.40. The maximum Gasteiger partial charge on any atom is 0.325 e. The lowest BCUT2D eigenvalue weighted by molar-refractivity contribution is 0.163. The van der Waals surface area contributed by atoms with Gasteiger partial charge in [-0.2, -0.15) is 25.3 Å². The van der Waals surface area contributed by atoms with Gasteiger partial charge >= 0.3 is 12.1 Å². The van der Waals surface area contributed by atoms with E-state index >= 15 is 0 Å². The fourth-order valence-corrected chi connectivity index (χ4v) is 2.71. The molecule has 84 valence electrons. The SMILES string of the molecule is CC12NC(=O)NC1N(CS)C(=O)N2CS. The molecule has 0 saturated carbocycles. The third kappa shape index (κ3) is 1.27. The molecule has 0 aliphatic carbocycles. The van der Waals surface area contributed by atoms with Crippen molar-refractivity contribution in [3.05, 3.63) is 0 Å². The summed E-state index contributed by atoms with van der Waals surface area (Å²) in [5, 5.41) is 5.40. The molecule has 2 unspecified atom stereocenters. The first-order chi connectivity index (χ1) is 7.04. The molecule has 2 fully saturated rings. The van der Waals surface area contributed by atoms with Gasteiger partial charge in [0.1, 0.15) is 0 Å².